The lowest BCUT2D eigenvalue weighted by Crippen LogP contribution is -2.23. The molecule has 1 saturated heterocycles. The second kappa shape index (κ2) is 5.35. The smallest absolute Gasteiger partial charge is 0.328 e. The molecule has 1 aromatic rings. The van der Waals surface area contributed by atoms with Gasteiger partial charge in [-0.25, -0.2) is 4.79 Å². The molecule has 0 saturated carbocycles. The van der Waals surface area contributed by atoms with Gasteiger partial charge in [-0.15, -0.1) is 11.3 Å². The van der Waals surface area contributed by atoms with Crippen molar-refractivity contribution in [2.45, 2.75) is 19.9 Å². The third-order valence-corrected chi connectivity index (χ3v) is 3.86. The normalized spacial score (nSPS) is 19.9. The van der Waals surface area contributed by atoms with E-state index in [2.05, 4.69) is 6.92 Å². The highest BCUT2D eigenvalue weighted by Crippen LogP contribution is 2.24. The summed E-state index contributed by atoms with van der Waals surface area (Å²) in [5.41, 5.74) is 0. The number of carboxylic acid groups (broad SMARTS) is 1. The largest absolute Gasteiger partial charge is 0.478 e. The molecule has 0 bridgehead atoms. The van der Waals surface area contributed by atoms with Gasteiger partial charge in [0.25, 0.3) is 0 Å². The molecule has 0 radical (unpaired) electrons. The van der Waals surface area contributed by atoms with E-state index in [1.807, 2.05) is 17.0 Å². The summed E-state index contributed by atoms with van der Waals surface area (Å²) >= 11 is 1.52. The summed E-state index contributed by atoms with van der Waals surface area (Å²) in [4.78, 5) is 25.9. The Morgan fingerprint density at radius 2 is 2.39 bits per heavy atom. The van der Waals surface area contributed by atoms with Gasteiger partial charge in [-0.3, -0.25) is 4.79 Å². The molecule has 1 unspecified atom stereocenters. The van der Waals surface area contributed by atoms with Gasteiger partial charge >= 0.3 is 5.97 Å². The fourth-order valence-electron chi connectivity index (χ4n) is 2.03. The molecule has 0 spiro atoms. The lowest BCUT2D eigenvalue weighted by atomic mass is 10.2. The lowest BCUT2D eigenvalue weighted by Gasteiger charge is -2.14. The molecule has 1 amide bonds. The lowest BCUT2D eigenvalue weighted by molar-refractivity contribution is -0.131. The number of carboxylic acids is 1. The highest BCUT2D eigenvalue weighted by molar-refractivity contribution is 7.12. The molecule has 2 heterocycles. The van der Waals surface area contributed by atoms with Crippen molar-refractivity contribution in [1.82, 2.24) is 4.90 Å². The van der Waals surface area contributed by atoms with Gasteiger partial charge in [0.05, 0.1) is 6.54 Å². The predicted octanol–water partition coefficient (Wildman–Crippen LogP) is 2.21. The Kier molecular flexibility index (Phi) is 3.81. The first-order valence-electron chi connectivity index (χ1n) is 5.82. The number of rotatable bonds is 4. The number of nitrogens with zero attached hydrogens (tertiary/aromatic N) is 1. The maximum absolute atomic E-state index is 11.6. The Bertz CT molecular complexity index is 492. The van der Waals surface area contributed by atoms with E-state index < -0.39 is 5.97 Å². The van der Waals surface area contributed by atoms with E-state index >= 15 is 0 Å². The predicted molar refractivity (Wildman–Crippen MR) is 70.2 cm³/mol. The SMILES string of the molecule is CC1CC(=O)N(Cc2ccc(C=CC(=O)O)s2)C1. The van der Waals surface area contributed by atoms with E-state index in [0.717, 1.165) is 22.4 Å². The topological polar surface area (TPSA) is 57.6 Å². The second-order valence-corrected chi connectivity index (χ2v) is 5.76. The second-order valence-electron chi connectivity index (χ2n) is 4.56. The van der Waals surface area contributed by atoms with E-state index in [1.54, 1.807) is 6.08 Å². The van der Waals surface area contributed by atoms with Gasteiger partial charge in [-0.05, 0) is 24.1 Å². The summed E-state index contributed by atoms with van der Waals surface area (Å²) < 4.78 is 0. The van der Waals surface area contributed by atoms with Crippen LogP contribution in [0.25, 0.3) is 6.08 Å². The number of carbonyl (C=O) groups is 2. The van der Waals surface area contributed by atoms with Crippen LogP contribution < -0.4 is 0 Å². The van der Waals surface area contributed by atoms with Crippen LogP contribution in [0.5, 0.6) is 0 Å². The molecular formula is C13H15NO3S. The van der Waals surface area contributed by atoms with Crippen LogP contribution in [0.3, 0.4) is 0 Å². The van der Waals surface area contributed by atoms with Crippen molar-refractivity contribution < 1.29 is 14.7 Å². The average molecular weight is 265 g/mol. The van der Waals surface area contributed by atoms with Crippen LogP contribution in [-0.4, -0.2) is 28.4 Å². The van der Waals surface area contributed by atoms with Gasteiger partial charge in [0, 0.05) is 28.8 Å². The summed E-state index contributed by atoms with van der Waals surface area (Å²) in [6.07, 6.45) is 3.33. The minimum Gasteiger partial charge on any atom is -0.478 e. The highest BCUT2D eigenvalue weighted by Gasteiger charge is 2.26. The molecule has 2 rings (SSSR count). The molecule has 96 valence electrons. The van der Waals surface area contributed by atoms with Crippen LogP contribution in [0.1, 0.15) is 23.1 Å². The zero-order chi connectivity index (χ0) is 13.1. The van der Waals surface area contributed by atoms with E-state index in [-0.39, 0.29) is 5.91 Å². The number of aliphatic carboxylic acids is 1. The van der Waals surface area contributed by atoms with E-state index in [4.69, 9.17) is 5.11 Å². The van der Waals surface area contributed by atoms with Crippen LogP contribution >= 0.6 is 11.3 Å². The Morgan fingerprint density at radius 1 is 1.61 bits per heavy atom. The Hall–Kier alpha value is -1.62. The van der Waals surface area contributed by atoms with Crippen molar-refractivity contribution >= 4 is 29.3 Å². The van der Waals surface area contributed by atoms with Crippen molar-refractivity contribution in [2.75, 3.05) is 6.54 Å². The minimum absolute atomic E-state index is 0.207. The van der Waals surface area contributed by atoms with Gasteiger partial charge in [0.1, 0.15) is 0 Å². The van der Waals surface area contributed by atoms with Crippen molar-refractivity contribution in [3.05, 3.63) is 28.0 Å². The van der Waals surface area contributed by atoms with E-state index in [1.165, 1.54) is 11.3 Å². The van der Waals surface area contributed by atoms with Crippen molar-refractivity contribution in [2.24, 2.45) is 5.92 Å². The fourth-order valence-corrected chi connectivity index (χ4v) is 2.96. The van der Waals surface area contributed by atoms with Crippen LogP contribution in [0, 0.1) is 5.92 Å². The van der Waals surface area contributed by atoms with Gasteiger partial charge < -0.3 is 10.0 Å². The zero-order valence-corrected chi connectivity index (χ0v) is 10.9. The van der Waals surface area contributed by atoms with Crippen molar-refractivity contribution in [1.29, 1.82) is 0 Å². The number of likely N-dealkylation sites (tertiary alicyclic amines) is 1. The first kappa shape index (κ1) is 12.8. The Balaban J connectivity index is 1.98. The molecular weight excluding hydrogens is 250 g/mol. The summed E-state index contributed by atoms with van der Waals surface area (Å²) in [6.45, 7) is 3.53. The van der Waals surface area contributed by atoms with E-state index in [0.29, 0.717) is 18.9 Å². The molecule has 18 heavy (non-hydrogen) atoms. The van der Waals surface area contributed by atoms with Crippen LogP contribution in [-0.2, 0) is 16.1 Å². The standard InChI is InChI=1S/C13H15NO3S/c1-9-6-12(15)14(7-9)8-11-3-2-10(18-11)4-5-13(16)17/h2-5,9H,6-8H2,1H3,(H,16,17). The van der Waals surface area contributed by atoms with Crippen LogP contribution in [0.4, 0.5) is 0 Å². The molecule has 5 heteroatoms. The van der Waals surface area contributed by atoms with Crippen molar-refractivity contribution in [3.8, 4) is 0 Å². The summed E-state index contributed by atoms with van der Waals surface area (Å²) in [5.74, 6) is -0.309. The molecule has 1 fully saturated rings. The number of thiophene rings is 1. The van der Waals surface area contributed by atoms with Gasteiger partial charge in [-0.2, -0.15) is 0 Å². The van der Waals surface area contributed by atoms with Gasteiger partial charge in [0.15, 0.2) is 0 Å². The molecule has 1 atom stereocenters. The number of carbonyl (C=O) groups excluding carboxylic acids is 1. The molecule has 4 nitrogen and oxygen atoms in total. The maximum atomic E-state index is 11.6. The monoisotopic (exact) mass is 265 g/mol. The molecule has 1 aliphatic heterocycles. The van der Waals surface area contributed by atoms with Crippen molar-refractivity contribution in [3.63, 3.8) is 0 Å². The van der Waals surface area contributed by atoms with Gasteiger partial charge in [-0.1, -0.05) is 6.92 Å². The molecule has 1 N–H and O–H groups in total. The third-order valence-electron chi connectivity index (χ3n) is 2.83. The summed E-state index contributed by atoms with van der Waals surface area (Å²) in [6, 6.07) is 3.83. The molecule has 1 aliphatic rings. The maximum Gasteiger partial charge on any atom is 0.328 e. The minimum atomic E-state index is -0.950. The number of hydrogen-bond donors (Lipinski definition) is 1. The van der Waals surface area contributed by atoms with E-state index in [9.17, 15) is 9.59 Å². The molecule has 0 aliphatic carbocycles. The number of hydrogen-bond acceptors (Lipinski definition) is 3. The Labute approximate surface area is 110 Å². The highest BCUT2D eigenvalue weighted by atomic mass is 32.1. The number of amides is 1. The average Bonchev–Trinajstić information content (AvgIpc) is 2.84. The summed E-state index contributed by atoms with van der Waals surface area (Å²) in [5, 5.41) is 8.54. The first-order valence-corrected chi connectivity index (χ1v) is 6.63. The summed E-state index contributed by atoms with van der Waals surface area (Å²) in [7, 11) is 0. The van der Waals surface area contributed by atoms with Crippen LogP contribution in [0.15, 0.2) is 18.2 Å². The van der Waals surface area contributed by atoms with Gasteiger partial charge in [0.2, 0.25) is 5.91 Å². The molecule has 0 aromatic carbocycles. The van der Waals surface area contributed by atoms with Crippen LogP contribution in [0.2, 0.25) is 0 Å². The molecule has 1 aromatic heterocycles. The third kappa shape index (κ3) is 3.20. The zero-order valence-electron chi connectivity index (χ0n) is 10.1. The first-order chi connectivity index (χ1) is 8.54. The fraction of sp³-hybridized carbons (Fsp3) is 0.385. The Morgan fingerprint density at radius 3 is 3.00 bits per heavy atom. The quantitative estimate of drug-likeness (QED) is 0.849.